The number of piperidine rings is 1. The van der Waals surface area contributed by atoms with Crippen LogP contribution in [0.25, 0.3) is 10.2 Å². The lowest BCUT2D eigenvalue weighted by Gasteiger charge is -2.34. The third-order valence-electron chi connectivity index (χ3n) is 6.47. The van der Waals surface area contributed by atoms with Gasteiger partial charge in [0.25, 0.3) is 5.91 Å². The molecule has 1 saturated heterocycles. The van der Waals surface area contributed by atoms with Crippen molar-refractivity contribution in [3.8, 4) is 0 Å². The predicted octanol–water partition coefficient (Wildman–Crippen LogP) is 3.46. The molecular weight excluding hydrogens is 542 g/mol. The quantitative estimate of drug-likeness (QED) is 0.397. The Balaban J connectivity index is 1.67. The van der Waals surface area contributed by atoms with E-state index in [1.165, 1.54) is 35.7 Å². The van der Waals surface area contributed by atoms with Crippen molar-refractivity contribution in [1.29, 1.82) is 0 Å². The number of hydrogen-bond donors (Lipinski definition) is 0. The zero-order valence-electron chi connectivity index (χ0n) is 22.2. The lowest BCUT2D eigenvalue weighted by molar-refractivity contribution is -0.143. The number of aromatic nitrogens is 1. The molecule has 1 amide bonds. The van der Waals surface area contributed by atoms with Gasteiger partial charge in [0, 0.05) is 18.7 Å². The zero-order chi connectivity index (χ0) is 28.3. The summed E-state index contributed by atoms with van der Waals surface area (Å²) >= 11 is 1.13. The van der Waals surface area contributed by atoms with E-state index in [0.717, 1.165) is 17.8 Å². The van der Waals surface area contributed by atoms with E-state index in [9.17, 15) is 22.8 Å². The molecule has 4 rings (SSSR count). The Labute approximate surface area is 230 Å². The molecule has 2 atom stereocenters. The van der Waals surface area contributed by atoms with E-state index in [2.05, 4.69) is 4.99 Å². The van der Waals surface area contributed by atoms with Gasteiger partial charge in [0.1, 0.15) is 6.54 Å². The Morgan fingerprint density at radius 1 is 1.03 bits per heavy atom. The summed E-state index contributed by atoms with van der Waals surface area (Å²) in [5, 5.41) is 0. The lowest BCUT2D eigenvalue weighted by Crippen LogP contribution is -2.42. The van der Waals surface area contributed by atoms with Gasteiger partial charge in [-0.05, 0) is 67.6 Å². The molecule has 0 spiro atoms. The molecule has 1 aliphatic rings. The van der Waals surface area contributed by atoms with Crippen molar-refractivity contribution in [2.45, 2.75) is 38.6 Å². The fraction of sp³-hybridized carbons (Fsp3) is 0.407. The Bertz CT molecular complexity index is 1560. The van der Waals surface area contributed by atoms with Gasteiger partial charge >= 0.3 is 11.9 Å². The van der Waals surface area contributed by atoms with Crippen LogP contribution < -0.4 is 4.80 Å². The van der Waals surface area contributed by atoms with Gasteiger partial charge in [-0.2, -0.15) is 9.30 Å². The summed E-state index contributed by atoms with van der Waals surface area (Å²) in [6.45, 7) is 6.73. The molecular formula is C27H31N3O7S2. The highest BCUT2D eigenvalue weighted by Crippen LogP contribution is 2.27. The van der Waals surface area contributed by atoms with Crippen LogP contribution in [0.5, 0.6) is 0 Å². The Hall–Kier alpha value is -3.35. The van der Waals surface area contributed by atoms with E-state index in [4.69, 9.17) is 9.47 Å². The topological polar surface area (TPSA) is 124 Å². The van der Waals surface area contributed by atoms with Crippen molar-refractivity contribution in [3.63, 3.8) is 0 Å². The number of amides is 1. The average Bonchev–Trinajstić information content (AvgIpc) is 3.23. The number of nitrogens with zero attached hydrogens (tertiary/aromatic N) is 3. The van der Waals surface area contributed by atoms with Gasteiger partial charge in [-0.25, -0.2) is 13.2 Å². The maximum Gasteiger partial charge on any atom is 0.337 e. The SMILES string of the molecule is CCOC(=O)Cn1c(=NC(=O)c2ccc(S(=O)(=O)N3CC(C)CC(C)C3)cc2)sc2cc(C(=O)OC)ccc21. The monoisotopic (exact) mass is 573 g/mol. The summed E-state index contributed by atoms with van der Waals surface area (Å²) in [6.07, 6.45) is 0.985. The van der Waals surface area contributed by atoms with Crippen molar-refractivity contribution < 1.29 is 32.3 Å². The van der Waals surface area contributed by atoms with Gasteiger partial charge in [-0.1, -0.05) is 25.2 Å². The Morgan fingerprint density at radius 3 is 2.28 bits per heavy atom. The number of hydrogen-bond acceptors (Lipinski definition) is 8. The molecule has 0 bridgehead atoms. The number of carbonyl (C=O) groups excluding carboxylic acids is 3. The van der Waals surface area contributed by atoms with Crippen LogP contribution in [0.2, 0.25) is 0 Å². The number of ether oxygens (including phenoxy) is 2. The molecule has 0 radical (unpaired) electrons. The summed E-state index contributed by atoms with van der Waals surface area (Å²) in [4.78, 5) is 42.0. The minimum Gasteiger partial charge on any atom is -0.465 e. The number of carbonyl (C=O) groups is 3. The van der Waals surface area contributed by atoms with Crippen LogP contribution in [0.4, 0.5) is 0 Å². The number of sulfonamides is 1. The number of thiazole rings is 1. The molecule has 0 N–H and O–H groups in total. The zero-order valence-corrected chi connectivity index (χ0v) is 23.9. The smallest absolute Gasteiger partial charge is 0.337 e. The van der Waals surface area contributed by atoms with Gasteiger partial charge in [0.15, 0.2) is 4.80 Å². The Morgan fingerprint density at radius 2 is 1.67 bits per heavy atom. The van der Waals surface area contributed by atoms with Gasteiger partial charge in [-0.15, -0.1) is 0 Å². The molecule has 39 heavy (non-hydrogen) atoms. The van der Waals surface area contributed by atoms with Crippen molar-refractivity contribution in [1.82, 2.24) is 8.87 Å². The van der Waals surface area contributed by atoms with Crippen LogP contribution in [0.1, 0.15) is 47.9 Å². The first-order valence-corrected chi connectivity index (χ1v) is 14.9. The van der Waals surface area contributed by atoms with E-state index in [1.54, 1.807) is 29.7 Å². The summed E-state index contributed by atoms with van der Waals surface area (Å²) in [5.74, 6) is -1.07. The van der Waals surface area contributed by atoms with E-state index < -0.39 is 27.9 Å². The first kappa shape index (κ1) is 28.7. The van der Waals surface area contributed by atoms with Gasteiger partial charge in [0.05, 0.1) is 34.4 Å². The van der Waals surface area contributed by atoms with Crippen molar-refractivity contribution in [3.05, 3.63) is 58.4 Å². The van der Waals surface area contributed by atoms with Gasteiger partial charge in [0.2, 0.25) is 10.0 Å². The van der Waals surface area contributed by atoms with E-state index in [0.29, 0.717) is 28.9 Å². The fourth-order valence-electron chi connectivity index (χ4n) is 4.76. The van der Waals surface area contributed by atoms with Crippen molar-refractivity contribution in [2.75, 3.05) is 26.8 Å². The maximum absolute atomic E-state index is 13.2. The molecule has 1 aliphatic heterocycles. The number of methoxy groups -OCH3 is 1. The predicted molar refractivity (Wildman–Crippen MR) is 146 cm³/mol. The normalized spacial score (nSPS) is 18.7. The summed E-state index contributed by atoms with van der Waals surface area (Å²) in [6, 6.07) is 10.5. The van der Waals surface area contributed by atoms with Crippen LogP contribution in [-0.4, -0.2) is 61.9 Å². The number of fused-ring (bicyclic) bond motifs is 1. The van der Waals surface area contributed by atoms with E-state index in [1.807, 2.05) is 13.8 Å². The van der Waals surface area contributed by atoms with Crippen LogP contribution in [0, 0.1) is 11.8 Å². The van der Waals surface area contributed by atoms with Crippen molar-refractivity contribution in [2.24, 2.45) is 16.8 Å². The highest BCUT2D eigenvalue weighted by molar-refractivity contribution is 7.89. The average molecular weight is 574 g/mol. The molecule has 2 aromatic carbocycles. The van der Waals surface area contributed by atoms with Crippen molar-refractivity contribution >= 4 is 49.4 Å². The third-order valence-corrected chi connectivity index (χ3v) is 9.35. The molecule has 0 saturated carbocycles. The van der Waals surface area contributed by atoms with Gasteiger partial charge in [-0.3, -0.25) is 9.59 Å². The molecule has 3 aromatic rings. The summed E-state index contributed by atoms with van der Waals surface area (Å²) in [7, 11) is -2.40. The maximum atomic E-state index is 13.2. The minimum atomic E-state index is -3.69. The molecule has 0 aliphatic carbocycles. The van der Waals surface area contributed by atoms with E-state index in [-0.39, 0.29) is 40.2 Å². The molecule has 12 heteroatoms. The first-order valence-electron chi connectivity index (χ1n) is 12.6. The second kappa shape index (κ2) is 11.8. The first-order chi connectivity index (χ1) is 18.5. The summed E-state index contributed by atoms with van der Waals surface area (Å²) in [5.41, 5.74) is 1.12. The minimum absolute atomic E-state index is 0.120. The van der Waals surface area contributed by atoms with Gasteiger partial charge < -0.3 is 14.0 Å². The standard InChI is InChI=1S/C27H31N3O7S2/c1-5-37-24(31)16-30-22-11-8-20(26(33)36-4)13-23(22)38-27(30)28-25(32)19-6-9-21(10-7-19)39(34,35)29-14-17(2)12-18(3)15-29/h6-11,13,17-18H,5,12,14-16H2,1-4H3. The van der Waals surface area contributed by atoms with E-state index >= 15 is 0 Å². The van der Waals surface area contributed by atoms with Crippen LogP contribution in [0.3, 0.4) is 0 Å². The highest BCUT2D eigenvalue weighted by Gasteiger charge is 2.31. The third kappa shape index (κ3) is 6.29. The molecule has 10 nitrogen and oxygen atoms in total. The molecule has 2 heterocycles. The fourth-order valence-corrected chi connectivity index (χ4v) is 7.51. The molecule has 1 fully saturated rings. The lowest BCUT2D eigenvalue weighted by atomic mass is 9.94. The van der Waals surface area contributed by atoms with Crippen LogP contribution in [0.15, 0.2) is 52.4 Å². The van der Waals surface area contributed by atoms with Crippen LogP contribution >= 0.6 is 11.3 Å². The Kier molecular flexibility index (Phi) is 8.67. The number of benzene rings is 2. The number of rotatable bonds is 7. The highest BCUT2D eigenvalue weighted by atomic mass is 32.2. The summed E-state index contributed by atoms with van der Waals surface area (Å²) < 4.78 is 39.9. The number of esters is 2. The molecule has 208 valence electrons. The second-order valence-electron chi connectivity index (χ2n) is 9.66. The molecule has 2 unspecified atom stereocenters. The van der Waals surface area contributed by atoms with Crippen LogP contribution in [-0.2, 0) is 30.8 Å². The second-order valence-corrected chi connectivity index (χ2v) is 12.6. The molecule has 1 aromatic heterocycles. The largest absolute Gasteiger partial charge is 0.465 e.